The second kappa shape index (κ2) is 14.5. The van der Waals surface area contributed by atoms with Crippen LogP contribution in [0.3, 0.4) is 0 Å². The molecular weight excluding hydrogens is 843 g/mol. The predicted octanol–water partition coefficient (Wildman–Crippen LogP) is 18.9. The molecule has 0 aromatic heterocycles. The summed E-state index contributed by atoms with van der Waals surface area (Å²) in [6.45, 7) is 14.5. The third kappa shape index (κ3) is 5.85. The van der Waals surface area contributed by atoms with Crippen LogP contribution < -0.4 is 4.90 Å². The van der Waals surface area contributed by atoms with Crippen molar-refractivity contribution in [3.63, 3.8) is 0 Å². The molecule has 11 aromatic rings. The number of anilines is 3. The lowest BCUT2D eigenvalue weighted by Crippen LogP contribution is -2.17. The average Bonchev–Trinajstić information content (AvgIpc) is 3.85. The Bertz CT molecular complexity index is 4000. The van der Waals surface area contributed by atoms with Crippen molar-refractivity contribution in [3.05, 3.63) is 246 Å². The first-order valence-corrected chi connectivity index (χ1v) is 25.0. The Labute approximate surface area is 411 Å². The zero-order valence-electron chi connectivity index (χ0n) is 40.7. The summed E-state index contributed by atoms with van der Waals surface area (Å²) in [7, 11) is 0. The van der Waals surface area contributed by atoms with Crippen LogP contribution in [0.2, 0.25) is 0 Å². The maximum Gasteiger partial charge on any atom is 0.0468 e. The third-order valence-electron chi connectivity index (χ3n) is 16.8. The van der Waals surface area contributed by atoms with Crippen LogP contribution in [-0.2, 0) is 16.2 Å². The van der Waals surface area contributed by atoms with Gasteiger partial charge in [0.05, 0.1) is 0 Å². The fourth-order valence-electron chi connectivity index (χ4n) is 12.9. The number of benzene rings is 11. The van der Waals surface area contributed by atoms with Gasteiger partial charge in [0.1, 0.15) is 0 Å². The SMILES string of the molecule is CC1(C)c2cc(N(c3ccc(-c4ccc(-c5ccccc5)cc4)cc3)c3ccc4cc5c(cc4c3)C(C)(C)c3cc4ccccc4cc3-5)ccc2-c2cc3c(cc21)-c1c(ccc2ccccc12)C3(C)C. The molecule has 3 aliphatic rings. The molecule has 0 fully saturated rings. The molecule has 0 heterocycles. The molecule has 11 aromatic carbocycles. The molecule has 0 saturated heterocycles. The molecule has 0 spiro atoms. The first-order valence-electron chi connectivity index (χ1n) is 25.0. The van der Waals surface area contributed by atoms with E-state index in [0.717, 1.165) is 17.1 Å². The van der Waals surface area contributed by atoms with Crippen molar-refractivity contribution in [3.8, 4) is 55.6 Å². The summed E-state index contributed by atoms with van der Waals surface area (Å²) < 4.78 is 0. The van der Waals surface area contributed by atoms with Gasteiger partial charge in [0.25, 0.3) is 0 Å². The summed E-state index contributed by atoms with van der Waals surface area (Å²) >= 11 is 0. The second-order valence-corrected chi connectivity index (χ2v) is 21.8. The number of hydrogen-bond acceptors (Lipinski definition) is 1. The van der Waals surface area contributed by atoms with Crippen molar-refractivity contribution in [2.45, 2.75) is 57.8 Å². The van der Waals surface area contributed by atoms with E-state index in [9.17, 15) is 0 Å². The van der Waals surface area contributed by atoms with Gasteiger partial charge < -0.3 is 4.90 Å². The molecule has 0 unspecified atom stereocenters. The molecule has 0 aliphatic heterocycles. The fraction of sp³-hybridized carbons (Fsp3) is 0.130. The average molecular weight is 896 g/mol. The van der Waals surface area contributed by atoms with E-state index in [0.29, 0.717) is 0 Å². The Hall–Kier alpha value is -8.00. The Morgan fingerprint density at radius 2 is 0.686 bits per heavy atom. The van der Waals surface area contributed by atoms with Crippen LogP contribution in [-0.4, -0.2) is 0 Å². The highest BCUT2D eigenvalue weighted by molar-refractivity contribution is 6.04. The van der Waals surface area contributed by atoms with Crippen molar-refractivity contribution >= 4 is 49.4 Å². The highest BCUT2D eigenvalue weighted by atomic mass is 15.1. The van der Waals surface area contributed by atoms with Crippen molar-refractivity contribution < 1.29 is 0 Å². The third-order valence-corrected chi connectivity index (χ3v) is 16.8. The molecule has 0 radical (unpaired) electrons. The van der Waals surface area contributed by atoms with E-state index >= 15 is 0 Å². The van der Waals surface area contributed by atoms with Crippen LogP contribution in [0.4, 0.5) is 17.1 Å². The molecule has 0 amide bonds. The van der Waals surface area contributed by atoms with Crippen molar-refractivity contribution in [1.29, 1.82) is 0 Å². The van der Waals surface area contributed by atoms with E-state index in [2.05, 4.69) is 259 Å². The van der Waals surface area contributed by atoms with E-state index in [1.165, 1.54) is 121 Å². The van der Waals surface area contributed by atoms with E-state index in [-0.39, 0.29) is 16.2 Å². The number of rotatable bonds is 5. The minimum atomic E-state index is -0.218. The molecule has 0 saturated carbocycles. The molecule has 3 aliphatic carbocycles. The van der Waals surface area contributed by atoms with E-state index < -0.39 is 0 Å². The molecule has 334 valence electrons. The number of fused-ring (bicyclic) bond motifs is 13. The van der Waals surface area contributed by atoms with E-state index in [1.807, 2.05) is 0 Å². The van der Waals surface area contributed by atoms with Gasteiger partial charge in [-0.2, -0.15) is 0 Å². The molecule has 0 atom stereocenters. The van der Waals surface area contributed by atoms with Crippen LogP contribution in [0.15, 0.2) is 212 Å². The minimum absolute atomic E-state index is 0.105. The lowest BCUT2D eigenvalue weighted by atomic mass is 9.79. The zero-order chi connectivity index (χ0) is 47.3. The Kier molecular flexibility index (Phi) is 8.50. The van der Waals surface area contributed by atoms with Crippen LogP contribution >= 0.6 is 0 Å². The zero-order valence-corrected chi connectivity index (χ0v) is 40.7. The normalized spacial score (nSPS) is 15.1. The van der Waals surface area contributed by atoms with Gasteiger partial charge in [-0.1, -0.05) is 181 Å². The molecule has 0 N–H and O–H groups in total. The summed E-state index contributed by atoms with van der Waals surface area (Å²) in [5.74, 6) is 0. The van der Waals surface area contributed by atoms with Crippen LogP contribution in [0.1, 0.15) is 74.9 Å². The van der Waals surface area contributed by atoms with Gasteiger partial charge in [-0.25, -0.2) is 0 Å². The molecule has 1 heteroatoms. The predicted molar refractivity (Wildman–Crippen MR) is 297 cm³/mol. The molecule has 14 rings (SSSR count). The molecule has 0 bridgehead atoms. The van der Waals surface area contributed by atoms with Crippen molar-refractivity contribution in [2.24, 2.45) is 0 Å². The van der Waals surface area contributed by atoms with E-state index in [4.69, 9.17) is 0 Å². The first kappa shape index (κ1) is 41.0. The van der Waals surface area contributed by atoms with Gasteiger partial charge in [0.15, 0.2) is 0 Å². The Morgan fingerprint density at radius 1 is 0.257 bits per heavy atom. The highest BCUT2D eigenvalue weighted by Crippen LogP contribution is 2.58. The maximum absolute atomic E-state index is 2.55. The molecular formula is C69H53N. The Balaban J connectivity index is 0.898. The molecule has 1 nitrogen and oxygen atoms in total. The summed E-state index contributed by atoms with van der Waals surface area (Å²) in [5, 5.41) is 7.73. The van der Waals surface area contributed by atoms with Gasteiger partial charge in [-0.05, 0) is 194 Å². The smallest absolute Gasteiger partial charge is 0.0468 e. The minimum Gasteiger partial charge on any atom is -0.310 e. The van der Waals surface area contributed by atoms with Crippen LogP contribution in [0.25, 0.3) is 88.0 Å². The lowest BCUT2D eigenvalue weighted by Gasteiger charge is -2.29. The van der Waals surface area contributed by atoms with Crippen LogP contribution in [0.5, 0.6) is 0 Å². The highest BCUT2D eigenvalue weighted by Gasteiger charge is 2.43. The fourth-order valence-corrected chi connectivity index (χ4v) is 12.9. The summed E-state index contributed by atoms with van der Waals surface area (Å²) in [6.07, 6.45) is 0. The van der Waals surface area contributed by atoms with E-state index in [1.54, 1.807) is 0 Å². The monoisotopic (exact) mass is 895 g/mol. The topological polar surface area (TPSA) is 3.24 Å². The summed E-state index contributed by atoms with van der Waals surface area (Å²) in [4.78, 5) is 2.48. The maximum atomic E-state index is 2.55. The quantitative estimate of drug-likeness (QED) is 0.166. The Morgan fingerprint density at radius 3 is 1.37 bits per heavy atom. The summed E-state index contributed by atoms with van der Waals surface area (Å²) in [5.41, 5.74) is 24.4. The van der Waals surface area contributed by atoms with Crippen molar-refractivity contribution in [2.75, 3.05) is 4.90 Å². The summed E-state index contributed by atoms with van der Waals surface area (Å²) in [6, 6.07) is 80.3. The number of nitrogens with zero attached hydrogens (tertiary/aromatic N) is 1. The van der Waals surface area contributed by atoms with Gasteiger partial charge in [-0.15, -0.1) is 0 Å². The standard InChI is InChI=1S/C69H53N/c1-67(2)60-33-27-46-16-12-13-19-54(46)66(60)59-41-64-58(40-65(59)67)55-32-31-53(39-63(55)69(64,5)6)70(51-28-24-45(25-29-51)44-22-20-43(21-23-44)42-14-8-7-9-15-42)52-30-26-49-36-57-56-35-47-17-10-11-18-48(47)37-61(56)68(3,4)62(57)38-50(49)34-52/h7-41H,1-6H3. The number of hydrogen-bond donors (Lipinski definition) is 0. The van der Waals surface area contributed by atoms with Gasteiger partial charge in [0.2, 0.25) is 0 Å². The first-order chi connectivity index (χ1) is 33.9. The van der Waals surface area contributed by atoms with Crippen molar-refractivity contribution in [1.82, 2.24) is 0 Å². The molecule has 70 heavy (non-hydrogen) atoms. The van der Waals surface area contributed by atoms with Gasteiger partial charge in [0, 0.05) is 33.3 Å². The largest absolute Gasteiger partial charge is 0.310 e. The van der Waals surface area contributed by atoms with Gasteiger partial charge >= 0.3 is 0 Å². The second-order valence-electron chi connectivity index (χ2n) is 21.8. The van der Waals surface area contributed by atoms with Crippen LogP contribution in [0, 0.1) is 0 Å². The van der Waals surface area contributed by atoms with Gasteiger partial charge in [-0.3, -0.25) is 0 Å². The lowest BCUT2D eigenvalue weighted by molar-refractivity contribution is 0.652.